The zero-order valence-corrected chi connectivity index (χ0v) is 20.4. The van der Waals surface area contributed by atoms with Gasteiger partial charge in [-0.25, -0.2) is 4.39 Å². The third-order valence-corrected chi connectivity index (χ3v) is 6.19. The average Bonchev–Trinajstić information content (AvgIpc) is 3.43. The lowest BCUT2D eigenvalue weighted by Crippen LogP contribution is -2.32. The van der Waals surface area contributed by atoms with Crippen LogP contribution in [-0.4, -0.2) is 44.5 Å². The van der Waals surface area contributed by atoms with Crippen molar-refractivity contribution < 1.29 is 32.1 Å². The summed E-state index contributed by atoms with van der Waals surface area (Å²) in [7, 11) is 0. The number of hydrogen-bond acceptors (Lipinski definition) is 6. The molecule has 1 aromatic heterocycles. The lowest BCUT2D eigenvalue weighted by molar-refractivity contribution is -0.385. The Labute approximate surface area is 218 Å². The first kappa shape index (κ1) is 27.4. The predicted molar refractivity (Wildman–Crippen MR) is 129 cm³/mol. The van der Waals surface area contributed by atoms with Crippen LogP contribution in [0.4, 0.5) is 23.2 Å². The van der Waals surface area contributed by atoms with E-state index in [1.54, 1.807) is 0 Å². The molecule has 204 valence electrons. The minimum Gasteiger partial charge on any atom is -0.344 e. The SMILES string of the molecule is C[C@@H](NC(=O)c1ccc(=O)n(-c2cccc(C(=O)N3CCCC3)c2F)n1)c1cc([N+](=O)[O-])cc(C(F)(F)F)c1. The summed E-state index contributed by atoms with van der Waals surface area (Å²) in [5, 5.41) is 17.4. The number of nitro benzene ring substituents is 1. The smallest absolute Gasteiger partial charge is 0.344 e. The molecule has 1 fully saturated rings. The van der Waals surface area contributed by atoms with Crippen LogP contribution in [0, 0.1) is 15.9 Å². The number of carbonyl (C=O) groups is 2. The highest BCUT2D eigenvalue weighted by molar-refractivity contribution is 5.95. The van der Waals surface area contributed by atoms with Crippen LogP contribution in [0.15, 0.2) is 53.3 Å². The number of alkyl halides is 3. The van der Waals surface area contributed by atoms with Gasteiger partial charge in [-0.2, -0.15) is 23.0 Å². The van der Waals surface area contributed by atoms with E-state index in [4.69, 9.17) is 0 Å². The molecule has 2 aromatic carbocycles. The molecule has 3 aromatic rings. The van der Waals surface area contributed by atoms with E-state index in [9.17, 15) is 37.7 Å². The minimum atomic E-state index is -4.86. The largest absolute Gasteiger partial charge is 0.416 e. The third kappa shape index (κ3) is 5.78. The molecule has 1 saturated heterocycles. The molecule has 1 aliphatic rings. The third-order valence-electron chi connectivity index (χ3n) is 6.19. The van der Waals surface area contributed by atoms with Crippen LogP contribution in [0.5, 0.6) is 0 Å². The number of nitro groups is 1. The quantitative estimate of drug-likeness (QED) is 0.282. The molecule has 39 heavy (non-hydrogen) atoms. The molecule has 0 aliphatic carbocycles. The molecule has 10 nitrogen and oxygen atoms in total. The average molecular weight is 547 g/mol. The fraction of sp³-hybridized carbons (Fsp3) is 0.280. The topological polar surface area (TPSA) is 127 Å². The summed E-state index contributed by atoms with van der Waals surface area (Å²) in [6.45, 7) is 2.26. The van der Waals surface area contributed by atoms with Crippen molar-refractivity contribution in [1.82, 2.24) is 20.0 Å². The summed E-state index contributed by atoms with van der Waals surface area (Å²) < 4.78 is 55.7. The van der Waals surface area contributed by atoms with Crippen molar-refractivity contribution in [1.29, 1.82) is 0 Å². The molecule has 14 heteroatoms. The highest BCUT2D eigenvalue weighted by Crippen LogP contribution is 2.34. The van der Waals surface area contributed by atoms with Crippen LogP contribution < -0.4 is 10.9 Å². The molecule has 0 radical (unpaired) electrons. The van der Waals surface area contributed by atoms with Gasteiger partial charge in [0.05, 0.1) is 22.1 Å². The molecule has 4 rings (SSSR count). The van der Waals surface area contributed by atoms with E-state index in [2.05, 4.69) is 10.4 Å². The van der Waals surface area contributed by atoms with Gasteiger partial charge >= 0.3 is 6.18 Å². The van der Waals surface area contributed by atoms with Gasteiger partial charge in [-0.05, 0) is 49.6 Å². The number of nitrogens with one attached hydrogen (secondary N) is 1. The Kier molecular flexibility index (Phi) is 7.47. The highest BCUT2D eigenvalue weighted by Gasteiger charge is 2.33. The number of halogens is 4. The van der Waals surface area contributed by atoms with Crippen LogP contribution >= 0.6 is 0 Å². The summed E-state index contributed by atoms with van der Waals surface area (Å²) in [6.07, 6.45) is -3.29. The molecule has 0 unspecified atom stereocenters. The van der Waals surface area contributed by atoms with Gasteiger partial charge in [-0.1, -0.05) is 6.07 Å². The minimum absolute atomic E-state index is 0.197. The first-order valence-electron chi connectivity index (χ1n) is 11.7. The number of aromatic nitrogens is 2. The van der Waals surface area contributed by atoms with Crippen LogP contribution in [0.2, 0.25) is 0 Å². The predicted octanol–water partition coefficient (Wildman–Crippen LogP) is 4.03. The lowest BCUT2D eigenvalue weighted by Gasteiger charge is -2.17. The number of amides is 2. The lowest BCUT2D eigenvalue weighted by atomic mass is 10.0. The van der Waals surface area contributed by atoms with Crippen molar-refractivity contribution in [2.75, 3.05) is 13.1 Å². The standard InChI is InChI=1S/C25H21F4N5O5/c1-14(15-11-16(25(27,28)29)13-17(12-15)34(38)39)30-23(36)19-7-8-21(35)33(31-19)20-6-4-5-18(22(20)26)24(37)32-9-2-3-10-32/h4-8,11-14H,2-3,9-10H2,1H3,(H,30,36)/t14-/m1/s1. The highest BCUT2D eigenvalue weighted by atomic mass is 19.4. The zero-order chi connectivity index (χ0) is 28.5. The van der Waals surface area contributed by atoms with Crippen LogP contribution in [0.25, 0.3) is 5.69 Å². The van der Waals surface area contributed by atoms with Gasteiger partial charge in [0, 0.05) is 31.3 Å². The normalized spacial score (nSPS) is 14.2. The summed E-state index contributed by atoms with van der Waals surface area (Å²) in [4.78, 5) is 49.7. The Morgan fingerprint density at radius 3 is 2.44 bits per heavy atom. The molecular formula is C25H21F4N5O5. The van der Waals surface area contributed by atoms with Crippen molar-refractivity contribution in [3.05, 3.63) is 97.2 Å². The van der Waals surface area contributed by atoms with E-state index < -0.39 is 57.3 Å². The van der Waals surface area contributed by atoms with E-state index in [1.807, 2.05) is 0 Å². The Hall–Kier alpha value is -4.62. The Bertz CT molecular complexity index is 1520. The van der Waals surface area contributed by atoms with E-state index >= 15 is 4.39 Å². The molecular weight excluding hydrogens is 526 g/mol. The Balaban J connectivity index is 1.63. The summed E-state index contributed by atoms with van der Waals surface area (Å²) in [6, 6.07) is 6.63. The molecule has 1 aliphatic heterocycles. The van der Waals surface area contributed by atoms with Gasteiger partial charge in [-0.15, -0.1) is 0 Å². The maximum atomic E-state index is 15.3. The van der Waals surface area contributed by atoms with Gasteiger partial charge in [0.15, 0.2) is 5.82 Å². The van der Waals surface area contributed by atoms with E-state index in [1.165, 1.54) is 30.0 Å². The second kappa shape index (κ2) is 10.6. The monoisotopic (exact) mass is 547 g/mol. The molecule has 1 atom stereocenters. The fourth-order valence-electron chi connectivity index (χ4n) is 4.15. The fourth-order valence-corrected chi connectivity index (χ4v) is 4.15. The summed E-state index contributed by atoms with van der Waals surface area (Å²) in [5.74, 6) is -2.50. The van der Waals surface area contributed by atoms with Crippen LogP contribution in [-0.2, 0) is 6.18 Å². The second-order valence-corrected chi connectivity index (χ2v) is 8.87. The number of non-ortho nitro benzene ring substituents is 1. The van der Waals surface area contributed by atoms with E-state index in [0.717, 1.165) is 31.0 Å². The molecule has 1 N–H and O–H groups in total. The number of hydrogen-bond donors (Lipinski definition) is 1. The second-order valence-electron chi connectivity index (χ2n) is 8.87. The molecule has 2 heterocycles. The van der Waals surface area contributed by atoms with Crippen LogP contribution in [0.1, 0.15) is 57.8 Å². The summed E-state index contributed by atoms with van der Waals surface area (Å²) in [5.41, 5.74) is -4.11. The van der Waals surface area contributed by atoms with Gasteiger partial charge in [0.2, 0.25) is 0 Å². The van der Waals surface area contributed by atoms with Gasteiger partial charge in [0.1, 0.15) is 11.4 Å². The Morgan fingerprint density at radius 2 is 1.79 bits per heavy atom. The number of likely N-dealkylation sites (tertiary alicyclic amines) is 1. The number of benzene rings is 2. The zero-order valence-electron chi connectivity index (χ0n) is 20.4. The van der Waals surface area contributed by atoms with Crippen molar-refractivity contribution in [2.24, 2.45) is 0 Å². The molecule has 0 spiro atoms. The Morgan fingerprint density at radius 1 is 1.10 bits per heavy atom. The van der Waals surface area contributed by atoms with Crippen molar-refractivity contribution in [3.8, 4) is 5.69 Å². The van der Waals surface area contributed by atoms with Crippen molar-refractivity contribution in [3.63, 3.8) is 0 Å². The van der Waals surface area contributed by atoms with E-state index in [0.29, 0.717) is 29.9 Å². The first-order valence-corrected chi connectivity index (χ1v) is 11.7. The van der Waals surface area contributed by atoms with Gasteiger partial charge < -0.3 is 10.2 Å². The number of rotatable bonds is 6. The van der Waals surface area contributed by atoms with Gasteiger partial charge in [0.25, 0.3) is 23.1 Å². The maximum Gasteiger partial charge on any atom is 0.416 e. The van der Waals surface area contributed by atoms with E-state index in [-0.39, 0.29) is 16.8 Å². The van der Waals surface area contributed by atoms with Crippen molar-refractivity contribution >= 4 is 17.5 Å². The number of nitrogens with zero attached hydrogens (tertiary/aromatic N) is 4. The maximum absolute atomic E-state index is 15.3. The van der Waals surface area contributed by atoms with Crippen LogP contribution in [0.3, 0.4) is 0 Å². The number of carbonyl (C=O) groups excluding carboxylic acids is 2. The first-order chi connectivity index (χ1) is 18.4. The summed E-state index contributed by atoms with van der Waals surface area (Å²) >= 11 is 0. The molecule has 2 amide bonds. The van der Waals surface area contributed by atoms with Crippen molar-refractivity contribution in [2.45, 2.75) is 32.0 Å². The molecule has 0 bridgehead atoms. The van der Waals surface area contributed by atoms with Gasteiger partial charge in [-0.3, -0.25) is 24.5 Å². The molecule has 0 saturated carbocycles.